The van der Waals surface area contributed by atoms with Crippen LogP contribution < -0.4 is 15.1 Å². The highest BCUT2D eigenvalue weighted by Crippen LogP contribution is 2.31. The number of benzene rings is 1. The molecular weight excluding hydrogens is 421 g/mol. The summed E-state index contributed by atoms with van der Waals surface area (Å²) < 4.78 is 20.2. The number of hydrogen-bond acceptors (Lipinski definition) is 7. The first kappa shape index (κ1) is 21.5. The van der Waals surface area contributed by atoms with Crippen LogP contribution in [-0.2, 0) is 16.0 Å². The van der Waals surface area contributed by atoms with Crippen molar-refractivity contribution in [3.8, 4) is 0 Å². The second-order valence-corrected chi connectivity index (χ2v) is 9.30. The summed E-state index contributed by atoms with van der Waals surface area (Å²) in [6.45, 7) is 5.44. The maximum absolute atomic E-state index is 14.9. The fourth-order valence-electron chi connectivity index (χ4n) is 4.06. The van der Waals surface area contributed by atoms with Gasteiger partial charge in [-0.05, 0) is 43.9 Å². The van der Waals surface area contributed by atoms with Crippen molar-refractivity contribution >= 4 is 34.7 Å². The third-order valence-electron chi connectivity index (χ3n) is 5.68. The Labute approximate surface area is 184 Å². The summed E-state index contributed by atoms with van der Waals surface area (Å²) in [7, 11) is 0. The van der Waals surface area contributed by atoms with Crippen molar-refractivity contribution in [2.24, 2.45) is 5.92 Å². The summed E-state index contributed by atoms with van der Waals surface area (Å²) in [6.07, 6.45) is 1.90. The van der Waals surface area contributed by atoms with E-state index in [0.29, 0.717) is 17.3 Å². The van der Waals surface area contributed by atoms with Crippen LogP contribution in [0, 0.1) is 18.7 Å². The van der Waals surface area contributed by atoms with E-state index in [0.717, 1.165) is 42.4 Å². The SMILES string of the molecule is CC(=O)NC[C@H]1CN(c2ccc(N3CCC(Cc4nnc(C)s4)CC3)c(F)c2)C(=O)O1. The molecule has 10 heteroatoms. The van der Waals surface area contributed by atoms with E-state index in [1.807, 2.05) is 6.92 Å². The van der Waals surface area contributed by atoms with Crippen molar-refractivity contribution < 1.29 is 18.7 Å². The average Bonchev–Trinajstić information content (AvgIpc) is 3.32. The molecule has 0 spiro atoms. The summed E-state index contributed by atoms with van der Waals surface area (Å²) >= 11 is 1.64. The Bertz CT molecular complexity index is 960. The molecule has 2 fully saturated rings. The predicted molar refractivity (Wildman–Crippen MR) is 116 cm³/mol. The van der Waals surface area contributed by atoms with Crippen LogP contribution >= 0.6 is 11.3 Å². The maximum Gasteiger partial charge on any atom is 0.414 e. The zero-order chi connectivity index (χ0) is 22.0. The monoisotopic (exact) mass is 447 g/mol. The molecule has 1 aromatic carbocycles. The number of aromatic nitrogens is 2. The number of carbonyl (C=O) groups excluding carboxylic acids is 2. The van der Waals surface area contributed by atoms with Gasteiger partial charge in [0, 0.05) is 26.4 Å². The molecule has 1 N–H and O–H groups in total. The lowest BCUT2D eigenvalue weighted by Gasteiger charge is -2.33. The van der Waals surface area contributed by atoms with Crippen LogP contribution in [0.15, 0.2) is 18.2 Å². The molecule has 166 valence electrons. The number of hydrogen-bond donors (Lipinski definition) is 1. The molecule has 0 bridgehead atoms. The van der Waals surface area contributed by atoms with Crippen molar-refractivity contribution in [2.75, 3.05) is 36.0 Å². The Balaban J connectivity index is 1.35. The molecular formula is C21H26FN5O3S. The minimum atomic E-state index is -0.532. The standard InChI is InChI=1S/C21H26FN5O3S/c1-13(28)23-11-17-12-27(21(29)30-17)16-3-4-19(18(22)10-16)26-7-5-15(6-8-26)9-20-25-24-14(2)31-20/h3-4,10,15,17H,5-9,11-12H2,1-2H3,(H,23,28)/t17-/m0/s1. The van der Waals surface area contributed by atoms with Crippen molar-refractivity contribution in [1.29, 1.82) is 0 Å². The molecule has 2 aliphatic heterocycles. The molecule has 0 unspecified atom stereocenters. The Morgan fingerprint density at radius 3 is 2.74 bits per heavy atom. The van der Waals surface area contributed by atoms with Crippen LogP contribution in [0.25, 0.3) is 0 Å². The largest absolute Gasteiger partial charge is 0.442 e. The number of anilines is 2. The third kappa shape index (κ3) is 5.12. The lowest BCUT2D eigenvalue weighted by atomic mass is 9.93. The van der Waals surface area contributed by atoms with E-state index in [1.54, 1.807) is 23.5 Å². The van der Waals surface area contributed by atoms with Gasteiger partial charge in [0.1, 0.15) is 21.9 Å². The van der Waals surface area contributed by atoms with Crippen LogP contribution in [0.3, 0.4) is 0 Å². The zero-order valence-corrected chi connectivity index (χ0v) is 18.5. The van der Waals surface area contributed by atoms with Gasteiger partial charge in [-0.15, -0.1) is 21.5 Å². The van der Waals surface area contributed by atoms with Crippen LogP contribution in [0.2, 0.25) is 0 Å². The fourth-order valence-corrected chi connectivity index (χ4v) is 4.88. The summed E-state index contributed by atoms with van der Waals surface area (Å²) in [6, 6.07) is 4.86. The van der Waals surface area contributed by atoms with E-state index in [1.165, 1.54) is 17.9 Å². The summed E-state index contributed by atoms with van der Waals surface area (Å²) in [5.41, 5.74) is 1.01. The molecule has 3 heterocycles. The first-order chi connectivity index (χ1) is 14.9. The lowest BCUT2D eigenvalue weighted by Crippen LogP contribution is -2.35. The number of ether oxygens (including phenoxy) is 1. The molecule has 31 heavy (non-hydrogen) atoms. The Morgan fingerprint density at radius 1 is 1.32 bits per heavy atom. The zero-order valence-electron chi connectivity index (χ0n) is 17.6. The third-order valence-corrected chi connectivity index (χ3v) is 6.54. The highest BCUT2D eigenvalue weighted by molar-refractivity contribution is 7.11. The average molecular weight is 448 g/mol. The fraction of sp³-hybridized carbons (Fsp3) is 0.524. The number of halogens is 1. The van der Waals surface area contributed by atoms with Gasteiger partial charge in [0.25, 0.3) is 0 Å². The van der Waals surface area contributed by atoms with Crippen molar-refractivity contribution in [3.05, 3.63) is 34.0 Å². The second kappa shape index (κ2) is 9.17. The molecule has 8 nitrogen and oxygen atoms in total. The van der Waals surface area contributed by atoms with Gasteiger partial charge in [0.2, 0.25) is 5.91 Å². The summed E-state index contributed by atoms with van der Waals surface area (Å²) in [5.74, 6) is -0.00763. The number of carbonyl (C=O) groups is 2. The molecule has 0 aliphatic carbocycles. The van der Waals surface area contributed by atoms with Crippen molar-refractivity contribution in [2.45, 2.75) is 39.2 Å². The number of nitrogens with zero attached hydrogens (tertiary/aromatic N) is 4. The van der Waals surface area contributed by atoms with Crippen molar-refractivity contribution in [1.82, 2.24) is 15.5 Å². The lowest BCUT2D eigenvalue weighted by molar-refractivity contribution is -0.119. The van der Waals surface area contributed by atoms with Crippen LogP contribution in [0.4, 0.5) is 20.6 Å². The van der Waals surface area contributed by atoms with E-state index in [9.17, 15) is 14.0 Å². The van der Waals surface area contributed by atoms with Crippen LogP contribution in [0.5, 0.6) is 0 Å². The van der Waals surface area contributed by atoms with Gasteiger partial charge in [-0.2, -0.15) is 0 Å². The van der Waals surface area contributed by atoms with Gasteiger partial charge >= 0.3 is 6.09 Å². The number of aryl methyl sites for hydroxylation is 1. The molecule has 2 saturated heterocycles. The van der Waals surface area contributed by atoms with E-state index >= 15 is 0 Å². The Kier molecular flexibility index (Phi) is 6.35. The first-order valence-corrected chi connectivity index (χ1v) is 11.3. The number of amides is 2. The predicted octanol–water partition coefficient (Wildman–Crippen LogP) is 2.91. The van der Waals surface area contributed by atoms with Gasteiger partial charge in [-0.1, -0.05) is 0 Å². The molecule has 0 radical (unpaired) electrons. The van der Waals surface area contributed by atoms with E-state index in [2.05, 4.69) is 20.4 Å². The van der Waals surface area contributed by atoms with E-state index < -0.39 is 12.2 Å². The number of nitrogens with one attached hydrogen (secondary N) is 1. The highest BCUT2D eigenvalue weighted by atomic mass is 32.1. The van der Waals surface area contributed by atoms with Gasteiger partial charge in [0.15, 0.2) is 0 Å². The van der Waals surface area contributed by atoms with Gasteiger partial charge in [-0.25, -0.2) is 9.18 Å². The molecule has 1 aromatic heterocycles. The smallest absolute Gasteiger partial charge is 0.414 e. The minimum absolute atomic E-state index is 0.188. The van der Waals surface area contributed by atoms with Crippen LogP contribution in [0.1, 0.15) is 29.8 Å². The van der Waals surface area contributed by atoms with Gasteiger partial charge < -0.3 is 15.0 Å². The summed E-state index contributed by atoms with van der Waals surface area (Å²) in [5, 5.41) is 13.0. The molecule has 0 saturated carbocycles. The van der Waals surface area contributed by atoms with Crippen LogP contribution in [-0.4, -0.2) is 54.5 Å². The topological polar surface area (TPSA) is 87.7 Å². The van der Waals surface area contributed by atoms with Crippen molar-refractivity contribution in [3.63, 3.8) is 0 Å². The molecule has 2 amide bonds. The first-order valence-electron chi connectivity index (χ1n) is 10.4. The molecule has 2 aliphatic rings. The normalized spacial score (nSPS) is 19.6. The minimum Gasteiger partial charge on any atom is -0.442 e. The van der Waals surface area contributed by atoms with Gasteiger partial charge in [0.05, 0.1) is 24.5 Å². The highest BCUT2D eigenvalue weighted by Gasteiger charge is 2.33. The molecule has 1 atom stereocenters. The number of rotatable bonds is 6. The molecule has 2 aromatic rings. The van der Waals surface area contributed by atoms with Gasteiger partial charge in [-0.3, -0.25) is 9.69 Å². The number of piperidine rings is 1. The number of cyclic esters (lactones) is 1. The second-order valence-electron chi connectivity index (χ2n) is 8.04. The maximum atomic E-state index is 14.9. The molecule has 4 rings (SSSR count). The quantitative estimate of drug-likeness (QED) is 0.733. The van der Waals surface area contributed by atoms with E-state index in [-0.39, 0.29) is 24.8 Å². The Morgan fingerprint density at radius 2 is 2.10 bits per heavy atom. The Hall–Kier alpha value is -2.75. The summed E-state index contributed by atoms with van der Waals surface area (Å²) in [4.78, 5) is 26.7. The van der Waals surface area contributed by atoms with E-state index in [4.69, 9.17) is 4.74 Å².